The zero-order valence-corrected chi connectivity index (χ0v) is 28.2. The smallest absolute Gasteiger partial charge is 0.265 e. The quantitative estimate of drug-likeness (QED) is 0.0541. The average Bonchev–Trinajstić information content (AvgIpc) is 2.88. The van der Waals surface area contributed by atoms with Crippen molar-refractivity contribution in [3.05, 3.63) is 60.0 Å². The van der Waals surface area contributed by atoms with Crippen LogP contribution in [0.5, 0.6) is 0 Å². The minimum Gasteiger partial charge on any atom is -0.355 e. The summed E-state index contributed by atoms with van der Waals surface area (Å²) in [6.45, 7) is 20.4. The Morgan fingerprint density at radius 3 is 2.21 bits per heavy atom. The summed E-state index contributed by atoms with van der Waals surface area (Å²) in [5.74, 6) is -0.801. The van der Waals surface area contributed by atoms with Gasteiger partial charge in [-0.1, -0.05) is 67.3 Å². The van der Waals surface area contributed by atoms with Crippen LogP contribution in [0.2, 0.25) is 0 Å². The predicted molar refractivity (Wildman–Crippen MR) is 176 cm³/mol. The van der Waals surface area contributed by atoms with Crippen LogP contribution >= 0.6 is 24.0 Å². The number of nitrogens with zero attached hydrogens (tertiary/aromatic N) is 2. The third kappa shape index (κ3) is 13.3. The van der Waals surface area contributed by atoms with Crippen molar-refractivity contribution < 1.29 is 27.0 Å². The van der Waals surface area contributed by atoms with Gasteiger partial charge in [0, 0.05) is 46.2 Å². The standard InChI is InChI=1S/C30H46N4O5S3/c1-9-17-32-26(35)29(4,22-28(2,3)31-6)23-30(5,41-25(40)24-15-11-10-12-16-24)27(36)33-18-13-19-34(7,8)20-14-21-42(37,38)39/h9-12,15-16H,1,13-14,17-23H2,2-5,7-8H3,(H2-,32,33,35,36,37,38,39)/p+1. The van der Waals surface area contributed by atoms with Gasteiger partial charge in [0.1, 0.15) is 0 Å². The third-order valence-corrected chi connectivity index (χ3v) is 9.50. The molecule has 0 aliphatic rings. The van der Waals surface area contributed by atoms with Crippen LogP contribution in [0.3, 0.4) is 0 Å². The van der Waals surface area contributed by atoms with Gasteiger partial charge in [-0.2, -0.15) is 8.42 Å². The zero-order valence-electron chi connectivity index (χ0n) is 25.7. The van der Waals surface area contributed by atoms with Gasteiger partial charge in [-0.15, -0.1) is 6.58 Å². The summed E-state index contributed by atoms with van der Waals surface area (Å²) in [4.78, 5) is 31.1. The summed E-state index contributed by atoms with van der Waals surface area (Å²) < 4.78 is 31.0. The number of carbonyl (C=O) groups is 2. The van der Waals surface area contributed by atoms with Gasteiger partial charge in [-0.25, -0.2) is 6.57 Å². The minimum atomic E-state index is -4.00. The number of hydrogen-bond acceptors (Lipinski definition) is 6. The largest absolute Gasteiger partial charge is 0.355 e. The lowest BCUT2D eigenvalue weighted by molar-refractivity contribution is -0.890. The molecule has 1 rings (SSSR count). The molecule has 1 aromatic rings. The van der Waals surface area contributed by atoms with Gasteiger partial charge in [0.15, 0.2) is 0 Å². The highest BCUT2D eigenvalue weighted by atomic mass is 32.2. The first-order valence-corrected chi connectivity index (χ1v) is 16.7. The molecule has 2 amide bonds. The van der Waals surface area contributed by atoms with E-state index in [1.807, 2.05) is 44.4 Å². The monoisotopic (exact) mass is 639 g/mol. The second-order valence-corrected chi connectivity index (χ2v) is 16.2. The Morgan fingerprint density at radius 2 is 1.67 bits per heavy atom. The fourth-order valence-electron chi connectivity index (χ4n) is 5.02. The molecule has 2 unspecified atom stereocenters. The first-order chi connectivity index (χ1) is 19.3. The number of benzene rings is 1. The summed E-state index contributed by atoms with van der Waals surface area (Å²) in [6, 6.07) is 9.40. The molecular formula is C30H47N4O5S3+. The van der Waals surface area contributed by atoms with E-state index in [-0.39, 0.29) is 37.0 Å². The Balaban J connectivity index is 3.19. The van der Waals surface area contributed by atoms with E-state index >= 15 is 0 Å². The van der Waals surface area contributed by atoms with Gasteiger partial charge in [-0.05, 0) is 18.9 Å². The number of thioether (sulfide) groups is 1. The number of amides is 2. The van der Waals surface area contributed by atoms with Crippen LogP contribution in [0.15, 0.2) is 43.0 Å². The summed E-state index contributed by atoms with van der Waals surface area (Å²) in [5.41, 5.74) is -1.09. The third-order valence-electron chi connectivity index (χ3n) is 7.01. The summed E-state index contributed by atoms with van der Waals surface area (Å²) in [7, 11) is -0.0614. The van der Waals surface area contributed by atoms with Crippen molar-refractivity contribution in [2.45, 2.75) is 63.7 Å². The van der Waals surface area contributed by atoms with Crippen molar-refractivity contribution >= 4 is 50.1 Å². The Kier molecular flexibility index (Phi) is 14.3. The zero-order chi connectivity index (χ0) is 32.2. The molecule has 0 aliphatic carbocycles. The number of thiocarbonyl (C=S) groups is 1. The van der Waals surface area contributed by atoms with Crippen molar-refractivity contribution in [2.24, 2.45) is 5.41 Å². The van der Waals surface area contributed by atoms with E-state index in [4.69, 9.17) is 23.3 Å². The van der Waals surface area contributed by atoms with E-state index in [9.17, 15) is 18.0 Å². The molecule has 0 heterocycles. The minimum absolute atomic E-state index is 0.141. The second kappa shape index (κ2) is 16.0. The van der Waals surface area contributed by atoms with Crippen LogP contribution < -0.4 is 10.6 Å². The molecule has 42 heavy (non-hydrogen) atoms. The fraction of sp³-hybridized carbons (Fsp3) is 0.600. The molecule has 0 saturated heterocycles. The van der Waals surface area contributed by atoms with Crippen molar-refractivity contribution in [1.29, 1.82) is 0 Å². The molecule has 0 fully saturated rings. The van der Waals surface area contributed by atoms with Crippen LogP contribution in [-0.2, 0) is 19.7 Å². The first-order valence-electron chi connectivity index (χ1n) is 13.9. The van der Waals surface area contributed by atoms with Crippen molar-refractivity contribution in [3.8, 4) is 0 Å². The van der Waals surface area contributed by atoms with Gasteiger partial charge in [0.05, 0.1) is 47.3 Å². The molecule has 1 aromatic carbocycles. The molecule has 12 heteroatoms. The molecular weight excluding hydrogens is 593 g/mol. The number of quaternary nitrogens is 1. The number of hydrogen-bond donors (Lipinski definition) is 3. The maximum Gasteiger partial charge on any atom is 0.265 e. The van der Waals surface area contributed by atoms with Gasteiger partial charge < -0.3 is 20.0 Å². The number of nitrogens with one attached hydrogen (secondary N) is 2. The molecule has 0 aromatic heterocycles. The predicted octanol–water partition coefficient (Wildman–Crippen LogP) is 4.50. The first kappa shape index (κ1) is 37.7. The molecule has 0 bridgehead atoms. The lowest BCUT2D eigenvalue weighted by Gasteiger charge is -2.38. The highest BCUT2D eigenvalue weighted by Crippen LogP contribution is 2.44. The van der Waals surface area contributed by atoms with Crippen LogP contribution in [0, 0.1) is 12.0 Å². The molecule has 9 nitrogen and oxygen atoms in total. The van der Waals surface area contributed by atoms with Crippen molar-refractivity contribution in [2.75, 3.05) is 46.0 Å². The summed E-state index contributed by atoms with van der Waals surface area (Å²) in [5, 5.41) is 5.91. The highest BCUT2D eigenvalue weighted by Gasteiger charge is 2.49. The van der Waals surface area contributed by atoms with Gasteiger partial charge in [0.2, 0.25) is 17.4 Å². The Labute approximate surface area is 262 Å². The molecule has 0 spiro atoms. The molecule has 0 saturated carbocycles. The normalized spacial score (nSPS) is 15.0. The van der Waals surface area contributed by atoms with E-state index in [0.29, 0.717) is 41.2 Å². The average molecular weight is 640 g/mol. The molecule has 2 atom stereocenters. The van der Waals surface area contributed by atoms with Crippen LogP contribution in [0.25, 0.3) is 4.85 Å². The van der Waals surface area contributed by atoms with Gasteiger partial charge in [-0.3, -0.25) is 14.1 Å². The van der Waals surface area contributed by atoms with Crippen molar-refractivity contribution in [3.63, 3.8) is 0 Å². The van der Waals surface area contributed by atoms with E-state index in [1.54, 1.807) is 33.8 Å². The van der Waals surface area contributed by atoms with E-state index in [2.05, 4.69) is 22.1 Å². The molecule has 0 radical (unpaired) electrons. The number of carbonyl (C=O) groups excluding carboxylic acids is 2. The topological polar surface area (TPSA) is 117 Å². The van der Waals surface area contributed by atoms with Crippen LogP contribution in [-0.4, -0.2) is 89.8 Å². The fourth-order valence-corrected chi connectivity index (χ4v) is 7.42. The Hall–Kier alpha value is -2.30. The Bertz CT molecular complexity index is 1250. The summed E-state index contributed by atoms with van der Waals surface area (Å²) >= 11 is 7.00. The SMILES string of the molecule is [C-]#[N+]C(C)(C)CC(C)(CC(C)(SC(=S)c1ccccc1)C(=O)NCCC[N+](C)(C)CCCS(=O)(=O)O)C(=O)NCC=C. The van der Waals surface area contributed by atoms with E-state index in [0.717, 1.165) is 5.56 Å². The summed E-state index contributed by atoms with van der Waals surface area (Å²) in [6.07, 6.45) is 2.94. The van der Waals surface area contributed by atoms with E-state index < -0.39 is 25.8 Å². The van der Waals surface area contributed by atoms with Gasteiger partial charge in [0.25, 0.3) is 10.1 Å². The molecule has 234 valence electrons. The Morgan fingerprint density at radius 1 is 1.07 bits per heavy atom. The van der Waals surface area contributed by atoms with Gasteiger partial charge >= 0.3 is 0 Å². The molecule has 0 aliphatic heterocycles. The highest BCUT2D eigenvalue weighted by molar-refractivity contribution is 8.25. The lowest BCUT2D eigenvalue weighted by Crippen LogP contribution is -2.52. The second-order valence-electron chi connectivity index (χ2n) is 12.5. The number of rotatable bonds is 18. The maximum absolute atomic E-state index is 13.9. The van der Waals surface area contributed by atoms with Crippen LogP contribution in [0.1, 0.15) is 58.9 Å². The van der Waals surface area contributed by atoms with Crippen molar-refractivity contribution in [1.82, 2.24) is 10.6 Å². The van der Waals surface area contributed by atoms with Crippen LogP contribution in [0.4, 0.5) is 0 Å². The van der Waals surface area contributed by atoms with E-state index in [1.165, 1.54) is 11.8 Å². The lowest BCUT2D eigenvalue weighted by atomic mass is 9.72. The molecule has 3 N–H and O–H groups in total. The maximum atomic E-state index is 13.9.